The Morgan fingerprint density at radius 3 is 2.68 bits per heavy atom. The molecule has 0 aromatic heterocycles. The van der Waals surface area contributed by atoms with Gasteiger partial charge in [-0.05, 0) is 30.2 Å². The number of halogens is 1. The van der Waals surface area contributed by atoms with Crippen LogP contribution in [0, 0.1) is 5.92 Å². The Hall–Kier alpha value is -2.66. The van der Waals surface area contributed by atoms with E-state index in [1.165, 1.54) is 0 Å². The molecule has 1 fully saturated rings. The zero-order valence-corrected chi connectivity index (χ0v) is 14.5. The highest BCUT2D eigenvalue weighted by Gasteiger charge is 2.40. The van der Waals surface area contributed by atoms with Crippen LogP contribution in [0.2, 0.25) is 5.02 Å². The number of rotatable bonds is 4. The van der Waals surface area contributed by atoms with E-state index >= 15 is 0 Å². The third-order valence-electron chi connectivity index (χ3n) is 4.27. The largest absolute Gasteiger partial charge is 0.355 e. The molecule has 2 atom stereocenters. The van der Waals surface area contributed by atoms with Crippen LogP contribution in [0.1, 0.15) is 24.0 Å². The molecule has 0 bridgehead atoms. The summed E-state index contributed by atoms with van der Waals surface area (Å²) in [6.45, 7) is 2.22. The molecule has 6 heteroatoms. The van der Waals surface area contributed by atoms with Crippen molar-refractivity contribution in [2.75, 3.05) is 6.54 Å². The van der Waals surface area contributed by atoms with Gasteiger partial charge in [-0.2, -0.15) is 5.10 Å². The molecule has 0 saturated carbocycles. The predicted molar refractivity (Wildman–Crippen MR) is 97.5 cm³/mol. The number of nitrogens with zero attached hydrogens (tertiary/aromatic N) is 1. The van der Waals surface area contributed by atoms with Crippen molar-refractivity contribution in [3.8, 4) is 0 Å². The van der Waals surface area contributed by atoms with Crippen molar-refractivity contribution in [2.45, 2.75) is 12.8 Å². The molecule has 2 aromatic carbocycles. The van der Waals surface area contributed by atoms with Crippen LogP contribution in [0.4, 0.5) is 0 Å². The first-order valence-corrected chi connectivity index (χ1v) is 8.37. The van der Waals surface area contributed by atoms with E-state index in [4.69, 9.17) is 11.6 Å². The number of hydrogen-bond donors (Lipinski definition) is 2. The molecule has 2 aromatic rings. The lowest BCUT2D eigenvalue weighted by Crippen LogP contribution is -2.35. The van der Waals surface area contributed by atoms with Crippen LogP contribution in [-0.2, 0) is 9.59 Å². The summed E-state index contributed by atoms with van der Waals surface area (Å²) in [5.41, 5.74) is 4.90. The second-order valence-electron chi connectivity index (χ2n) is 5.92. The van der Waals surface area contributed by atoms with Gasteiger partial charge in [0.25, 0.3) is 5.91 Å². The Morgan fingerprint density at radius 1 is 1.20 bits per heavy atom. The van der Waals surface area contributed by atoms with E-state index in [1.54, 1.807) is 19.1 Å². The maximum Gasteiger partial charge on any atom is 0.253 e. The number of hydrogen-bond acceptors (Lipinski definition) is 3. The molecule has 2 unspecified atom stereocenters. The fourth-order valence-corrected chi connectivity index (χ4v) is 3.11. The monoisotopic (exact) mass is 355 g/mol. The Morgan fingerprint density at radius 2 is 1.96 bits per heavy atom. The first-order chi connectivity index (χ1) is 12.1. The average molecular weight is 356 g/mol. The van der Waals surface area contributed by atoms with Gasteiger partial charge in [0, 0.05) is 17.5 Å². The molecule has 0 spiro atoms. The minimum Gasteiger partial charge on any atom is -0.355 e. The summed E-state index contributed by atoms with van der Waals surface area (Å²) in [6.07, 6.45) is 0. The minimum atomic E-state index is -0.793. The highest BCUT2D eigenvalue weighted by Crippen LogP contribution is 2.29. The first kappa shape index (κ1) is 17.2. The van der Waals surface area contributed by atoms with Gasteiger partial charge in [0.1, 0.15) is 5.92 Å². The molecule has 25 heavy (non-hydrogen) atoms. The standard InChI is InChI=1S/C19H18ClN3O2/c1-12(14-8-5-9-15(20)10-14)22-23-19(25)17-16(11-21-18(17)24)13-6-3-2-4-7-13/h2-10,16-17H,11H2,1H3,(H,21,24)(H,23,25)/b22-12-. The van der Waals surface area contributed by atoms with E-state index in [2.05, 4.69) is 15.8 Å². The SMILES string of the molecule is C/C(=N/NC(=O)C1C(=O)NCC1c1ccccc1)c1cccc(Cl)c1. The lowest BCUT2D eigenvalue weighted by atomic mass is 9.88. The van der Waals surface area contributed by atoms with Crippen molar-refractivity contribution in [3.05, 3.63) is 70.7 Å². The zero-order valence-electron chi connectivity index (χ0n) is 13.7. The molecule has 5 nitrogen and oxygen atoms in total. The molecular weight excluding hydrogens is 338 g/mol. The van der Waals surface area contributed by atoms with Crippen molar-refractivity contribution >= 4 is 29.1 Å². The van der Waals surface area contributed by atoms with E-state index < -0.39 is 11.8 Å². The molecule has 2 amide bonds. The van der Waals surface area contributed by atoms with E-state index in [0.717, 1.165) is 11.1 Å². The number of carbonyl (C=O) groups excluding carboxylic acids is 2. The van der Waals surface area contributed by atoms with Crippen LogP contribution >= 0.6 is 11.6 Å². The molecule has 2 N–H and O–H groups in total. The van der Waals surface area contributed by atoms with Gasteiger partial charge in [-0.1, -0.05) is 54.1 Å². The maximum absolute atomic E-state index is 12.5. The van der Waals surface area contributed by atoms with E-state index in [-0.39, 0.29) is 11.8 Å². The smallest absolute Gasteiger partial charge is 0.253 e. The van der Waals surface area contributed by atoms with Gasteiger partial charge >= 0.3 is 0 Å². The van der Waals surface area contributed by atoms with Gasteiger partial charge < -0.3 is 5.32 Å². The van der Waals surface area contributed by atoms with Crippen molar-refractivity contribution in [1.29, 1.82) is 0 Å². The van der Waals surface area contributed by atoms with Gasteiger partial charge in [-0.25, -0.2) is 5.43 Å². The average Bonchev–Trinajstić information content (AvgIpc) is 3.02. The second-order valence-corrected chi connectivity index (χ2v) is 6.36. The number of carbonyl (C=O) groups is 2. The molecule has 0 radical (unpaired) electrons. The van der Waals surface area contributed by atoms with Crippen LogP contribution in [0.5, 0.6) is 0 Å². The van der Waals surface area contributed by atoms with E-state index in [0.29, 0.717) is 17.3 Å². The lowest BCUT2D eigenvalue weighted by Gasteiger charge is -2.15. The quantitative estimate of drug-likeness (QED) is 0.503. The summed E-state index contributed by atoms with van der Waals surface area (Å²) in [5.74, 6) is -1.68. The fraction of sp³-hybridized carbons (Fsp3) is 0.211. The molecule has 128 valence electrons. The number of amides is 2. The molecule has 3 rings (SSSR count). The van der Waals surface area contributed by atoms with Gasteiger partial charge in [0.05, 0.1) is 5.71 Å². The topological polar surface area (TPSA) is 70.6 Å². The Balaban J connectivity index is 1.75. The number of hydrazone groups is 1. The van der Waals surface area contributed by atoms with Crippen LogP contribution in [-0.4, -0.2) is 24.1 Å². The summed E-state index contributed by atoms with van der Waals surface area (Å²) in [4.78, 5) is 24.7. The summed E-state index contributed by atoms with van der Waals surface area (Å²) < 4.78 is 0. The van der Waals surface area contributed by atoms with Crippen molar-refractivity contribution < 1.29 is 9.59 Å². The Bertz CT molecular complexity index is 820. The summed E-state index contributed by atoms with van der Waals surface area (Å²) >= 11 is 5.97. The molecule has 0 aliphatic carbocycles. The molecular formula is C19H18ClN3O2. The van der Waals surface area contributed by atoms with E-state index in [1.807, 2.05) is 42.5 Å². The normalized spacial score (nSPS) is 20.2. The van der Waals surface area contributed by atoms with Gasteiger partial charge in [0.2, 0.25) is 5.91 Å². The van der Waals surface area contributed by atoms with Crippen LogP contribution in [0.3, 0.4) is 0 Å². The van der Waals surface area contributed by atoms with Gasteiger partial charge in [-0.3, -0.25) is 9.59 Å². The fourth-order valence-electron chi connectivity index (χ4n) is 2.92. The molecule has 1 aliphatic heterocycles. The third-order valence-corrected chi connectivity index (χ3v) is 4.50. The zero-order chi connectivity index (χ0) is 17.8. The second kappa shape index (κ2) is 7.49. The van der Waals surface area contributed by atoms with E-state index in [9.17, 15) is 9.59 Å². The third kappa shape index (κ3) is 3.88. The van der Waals surface area contributed by atoms with Gasteiger partial charge in [0.15, 0.2) is 0 Å². The minimum absolute atomic E-state index is 0.199. The summed E-state index contributed by atoms with van der Waals surface area (Å²) in [6, 6.07) is 16.7. The maximum atomic E-state index is 12.5. The van der Waals surface area contributed by atoms with Crippen molar-refractivity contribution in [2.24, 2.45) is 11.0 Å². The highest BCUT2D eigenvalue weighted by atomic mass is 35.5. The highest BCUT2D eigenvalue weighted by molar-refractivity contribution is 6.31. The molecule has 1 heterocycles. The lowest BCUT2D eigenvalue weighted by molar-refractivity contribution is -0.133. The summed E-state index contributed by atoms with van der Waals surface area (Å²) in [7, 11) is 0. The van der Waals surface area contributed by atoms with Gasteiger partial charge in [-0.15, -0.1) is 0 Å². The predicted octanol–water partition coefficient (Wildman–Crippen LogP) is 2.71. The Kier molecular flexibility index (Phi) is 5.14. The van der Waals surface area contributed by atoms with Crippen molar-refractivity contribution in [3.63, 3.8) is 0 Å². The molecule has 1 saturated heterocycles. The van der Waals surface area contributed by atoms with Crippen molar-refractivity contribution in [1.82, 2.24) is 10.7 Å². The van der Waals surface area contributed by atoms with Crippen LogP contribution in [0.25, 0.3) is 0 Å². The molecule has 1 aliphatic rings. The number of benzene rings is 2. The Labute approximate surface area is 151 Å². The summed E-state index contributed by atoms with van der Waals surface area (Å²) in [5, 5.41) is 7.48. The number of nitrogens with one attached hydrogen (secondary N) is 2. The van der Waals surface area contributed by atoms with Crippen LogP contribution < -0.4 is 10.7 Å². The van der Waals surface area contributed by atoms with Crippen LogP contribution in [0.15, 0.2) is 59.7 Å². The first-order valence-electron chi connectivity index (χ1n) is 7.99.